The fourth-order valence-electron chi connectivity index (χ4n) is 2.54. The van der Waals surface area contributed by atoms with Crippen LogP contribution in [0.15, 0.2) is 42.7 Å². The molecule has 3 rings (SSSR count). The number of hydrogen-bond acceptors (Lipinski definition) is 4. The van der Waals surface area contributed by atoms with Crippen LogP contribution in [0.2, 0.25) is 0 Å². The molecule has 1 aromatic carbocycles. The van der Waals surface area contributed by atoms with E-state index >= 15 is 0 Å². The second-order valence-electron chi connectivity index (χ2n) is 4.81. The Morgan fingerprint density at radius 1 is 1.30 bits per heavy atom. The molecule has 20 heavy (non-hydrogen) atoms. The topological polar surface area (TPSA) is 82.5 Å². The minimum Gasteiger partial charge on any atom is -0.505 e. The Labute approximate surface area is 115 Å². The van der Waals surface area contributed by atoms with Gasteiger partial charge in [0.25, 0.3) is 5.91 Å². The highest BCUT2D eigenvalue weighted by Gasteiger charge is 2.32. The van der Waals surface area contributed by atoms with Gasteiger partial charge in [0.2, 0.25) is 0 Å². The van der Waals surface area contributed by atoms with Gasteiger partial charge in [-0.25, -0.2) is 0 Å². The number of amides is 1. The molecule has 2 aromatic rings. The van der Waals surface area contributed by atoms with Crippen LogP contribution in [-0.2, 0) is 6.42 Å². The minimum absolute atomic E-state index is 0.150. The zero-order valence-electron chi connectivity index (χ0n) is 10.7. The maximum atomic E-state index is 12.2. The van der Waals surface area contributed by atoms with E-state index < -0.39 is 18.1 Å². The Kier molecular flexibility index (Phi) is 3.12. The SMILES string of the molecule is O=C(N[C@@H]1c2ccccc2C[C@@H]1O)c1ccncc1O. The molecule has 0 radical (unpaired) electrons. The molecule has 0 aliphatic heterocycles. The molecule has 0 fully saturated rings. The van der Waals surface area contributed by atoms with Gasteiger partial charge in [-0.05, 0) is 17.2 Å². The summed E-state index contributed by atoms with van der Waals surface area (Å²) in [6.45, 7) is 0. The Morgan fingerprint density at radius 2 is 2.10 bits per heavy atom. The molecule has 0 unspecified atom stereocenters. The maximum absolute atomic E-state index is 12.2. The number of aliphatic hydroxyl groups is 1. The monoisotopic (exact) mass is 270 g/mol. The van der Waals surface area contributed by atoms with Crippen molar-refractivity contribution in [1.82, 2.24) is 10.3 Å². The molecular weight excluding hydrogens is 256 g/mol. The first-order valence-electron chi connectivity index (χ1n) is 6.36. The number of carbonyl (C=O) groups is 1. The number of nitrogens with one attached hydrogen (secondary N) is 1. The molecule has 0 saturated heterocycles. The number of aliphatic hydroxyl groups excluding tert-OH is 1. The molecule has 3 N–H and O–H groups in total. The van der Waals surface area contributed by atoms with Gasteiger partial charge in [-0.2, -0.15) is 0 Å². The van der Waals surface area contributed by atoms with Crippen LogP contribution in [0.3, 0.4) is 0 Å². The van der Waals surface area contributed by atoms with Crippen molar-refractivity contribution in [3.8, 4) is 5.75 Å². The van der Waals surface area contributed by atoms with Crippen molar-refractivity contribution in [3.63, 3.8) is 0 Å². The summed E-state index contributed by atoms with van der Waals surface area (Å²) in [6, 6.07) is 8.60. The zero-order valence-corrected chi connectivity index (χ0v) is 10.7. The molecular formula is C15H14N2O3. The van der Waals surface area contributed by atoms with Gasteiger partial charge in [-0.1, -0.05) is 24.3 Å². The number of nitrogens with zero attached hydrogens (tertiary/aromatic N) is 1. The number of fused-ring (bicyclic) bond motifs is 1. The van der Waals surface area contributed by atoms with Gasteiger partial charge in [0.05, 0.1) is 23.9 Å². The number of aromatic nitrogens is 1. The molecule has 0 saturated carbocycles. The van der Waals surface area contributed by atoms with Gasteiger partial charge in [0, 0.05) is 12.6 Å². The second kappa shape index (κ2) is 4.94. The van der Waals surface area contributed by atoms with Crippen molar-refractivity contribution in [3.05, 3.63) is 59.4 Å². The van der Waals surface area contributed by atoms with Crippen LogP contribution < -0.4 is 5.32 Å². The highest BCUT2D eigenvalue weighted by molar-refractivity contribution is 5.96. The van der Waals surface area contributed by atoms with Gasteiger partial charge in [0.1, 0.15) is 5.75 Å². The smallest absolute Gasteiger partial charge is 0.255 e. The minimum atomic E-state index is -0.652. The van der Waals surface area contributed by atoms with Crippen molar-refractivity contribution < 1.29 is 15.0 Å². The van der Waals surface area contributed by atoms with E-state index in [0.29, 0.717) is 6.42 Å². The van der Waals surface area contributed by atoms with Crippen molar-refractivity contribution in [2.75, 3.05) is 0 Å². The lowest BCUT2D eigenvalue weighted by molar-refractivity contribution is 0.0855. The molecule has 1 amide bonds. The Hall–Kier alpha value is -2.40. The van der Waals surface area contributed by atoms with Gasteiger partial charge in [0.15, 0.2) is 0 Å². The normalized spacial score (nSPS) is 20.4. The average Bonchev–Trinajstić information content (AvgIpc) is 2.76. The van der Waals surface area contributed by atoms with E-state index in [4.69, 9.17) is 0 Å². The average molecular weight is 270 g/mol. The molecule has 2 atom stereocenters. The van der Waals surface area contributed by atoms with E-state index in [9.17, 15) is 15.0 Å². The van der Waals surface area contributed by atoms with Crippen molar-refractivity contribution in [1.29, 1.82) is 0 Å². The fourth-order valence-corrected chi connectivity index (χ4v) is 2.54. The highest BCUT2D eigenvalue weighted by Crippen LogP contribution is 2.31. The van der Waals surface area contributed by atoms with Gasteiger partial charge >= 0.3 is 0 Å². The van der Waals surface area contributed by atoms with E-state index in [1.54, 1.807) is 0 Å². The summed E-state index contributed by atoms with van der Waals surface area (Å²) in [5.74, 6) is -0.601. The number of pyridine rings is 1. The predicted octanol–water partition coefficient (Wildman–Crippen LogP) is 1.18. The fraction of sp³-hybridized carbons (Fsp3) is 0.200. The number of benzene rings is 1. The van der Waals surface area contributed by atoms with E-state index in [1.165, 1.54) is 18.5 Å². The largest absolute Gasteiger partial charge is 0.505 e. The first-order chi connectivity index (χ1) is 9.66. The molecule has 1 aromatic heterocycles. The van der Waals surface area contributed by atoms with Crippen LogP contribution in [0.5, 0.6) is 5.75 Å². The summed E-state index contributed by atoms with van der Waals surface area (Å²) in [5, 5.41) is 22.5. The van der Waals surface area contributed by atoms with Crippen LogP contribution in [0.1, 0.15) is 27.5 Å². The van der Waals surface area contributed by atoms with Crippen LogP contribution in [-0.4, -0.2) is 27.2 Å². The van der Waals surface area contributed by atoms with E-state index in [1.807, 2.05) is 24.3 Å². The first-order valence-corrected chi connectivity index (χ1v) is 6.36. The predicted molar refractivity (Wildman–Crippen MR) is 72.3 cm³/mol. The molecule has 1 aliphatic rings. The number of hydrogen-bond donors (Lipinski definition) is 3. The molecule has 1 heterocycles. The molecule has 5 heteroatoms. The van der Waals surface area contributed by atoms with Crippen LogP contribution in [0.25, 0.3) is 0 Å². The van der Waals surface area contributed by atoms with Gasteiger partial charge in [-0.3, -0.25) is 9.78 Å². The summed E-state index contributed by atoms with van der Waals surface area (Å²) in [7, 11) is 0. The summed E-state index contributed by atoms with van der Waals surface area (Å²) >= 11 is 0. The highest BCUT2D eigenvalue weighted by atomic mass is 16.3. The van der Waals surface area contributed by atoms with E-state index in [2.05, 4.69) is 10.3 Å². The van der Waals surface area contributed by atoms with Crippen LogP contribution in [0, 0.1) is 0 Å². The molecule has 1 aliphatic carbocycles. The Balaban J connectivity index is 1.85. The number of rotatable bonds is 2. The van der Waals surface area contributed by atoms with E-state index in [-0.39, 0.29) is 11.3 Å². The standard InChI is InChI=1S/C15H14N2O3/c18-12-7-9-3-1-2-4-10(9)14(12)17-15(20)11-5-6-16-8-13(11)19/h1-6,8,12,14,18-19H,7H2,(H,17,20)/t12-,14+/m0/s1. The Morgan fingerprint density at radius 3 is 2.90 bits per heavy atom. The van der Waals surface area contributed by atoms with Gasteiger partial charge < -0.3 is 15.5 Å². The summed E-state index contributed by atoms with van der Waals surface area (Å²) in [4.78, 5) is 15.9. The summed E-state index contributed by atoms with van der Waals surface area (Å²) < 4.78 is 0. The number of aromatic hydroxyl groups is 1. The number of carbonyl (C=O) groups excluding carboxylic acids is 1. The molecule has 0 spiro atoms. The van der Waals surface area contributed by atoms with Crippen LogP contribution >= 0.6 is 0 Å². The lowest BCUT2D eigenvalue weighted by Gasteiger charge is -2.18. The first kappa shape index (κ1) is 12.6. The quantitative estimate of drug-likeness (QED) is 0.765. The van der Waals surface area contributed by atoms with E-state index in [0.717, 1.165) is 11.1 Å². The summed E-state index contributed by atoms with van der Waals surface area (Å²) in [6.07, 6.45) is 2.52. The third-order valence-corrected chi connectivity index (χ3v) is 3.54. The third kappa shape index (κ3) is 2.12. The maximum Gasteiger partial charge on any atom is 0.255 e. The van der Waals surface area contributed by atoms with Gasteiger partial charge in [-0.15, -0.1) is 0 Å². The third-order valence-electron chi connectivity index (χ3n) is 3.54. The lowest BCUT2D eigenvalue weighted by atomic mass is 10.1. The summed E-state index contributed by atoms with van der Waals surface area (Å²) in [5.41, 5.74) is 2.10. The molecule has 102 valence electrons. The van der Waals surface area contributed by atoms with Crippen molar-refractivity contribution in [2.45, 2.75) is 18.6 Å². The Bertz CT molecular complexity index is 657. The second-order valence-corrected chi connectivity index (χ2v) is 4.81. The zero-order chi connectivity index (χ0) is 14.1. The van der Waals surface area contributed by atoms with Crippen molar-refractivity contribution in [2.24, 2.45) is 0 Å². The lowest BCUT2D eigenvalue weighted by Crippen LogP contribution is -2.33. The molecule has 5 nitrogen and oxygen atoms in total. The van der Waals surface area contributed by atoms with Crippen LogP contribution in [0.4, 0.5) is 0 Å². The molecule has 0 bridgehead atoms. The van der Waals surface area contributed by atoms with Crippen molar-refractivity contribution >= 4 is 5.91 Å².